The van der Waals surface area contributed by atoms with Crippen LogP contribution in [0.15, 0.2) is 24.3 Å². The number of piperidine rings is 1. The highest BCUT2D eigenvalue weighted by Crippen LogP contribution is 2.14. The quantitative estimate of drug-likeness (QED) is 0.485. The smallest absolute Gasteiger partial charge is 0.475 e. The molecule has 1 aromatic rings. The van der Waals surface area contributed by atoms with Gasteiger partial charge in [-0.15, -0.1) is 0 Å². The number of likely N-dealkylation sites (tertiary alicyclic amines) is 1. The van der Waals surface area contributed by atoms with Crippen molar-refractivity contribution < 1.29 is 36.3 Å². The SMILES string of the molecule is Cc1ccc(C(=O)N(CCCN2CCCCC2)CCS(=O)(=O)N2CCNCC2)cc1.O=C(O)C(F)(F)F. The molecule has 2 saturated heterocycles. The molecule has 0 atom stereocenters. The molecular formula is C24H37F3N4O5S. The Morgan fingerprint density at radius 2 is 1.57 bits per heavy atom. The maximum absolute atomic E-state index is 13.1. The van der Waals surface area contributed by atoms with Gasteiger partial charge in [-0.25, -0.2) is 13.2 Å². The first-order valence-electron chi connectivity index (χ1n) is 12.5. The van der Waals surface area contributed by atoms with Crippen LogP contribution in [0, 0.1) is 6.92 Å². The predicted octanol–water partition coefficient (Wildman–Crippen LogP) is 2.18. The maximum Gasteiger partial charge on any atom is 0.490 e. The number of carboxylic acids is 1. The van der Waals surface area contributed by atoms with E-state index in [1.54, 1.807) is 9.21 Å². The summed E-state index contributed by atoms with van der Waals surface area (Å²) in [7, 11) is -3.36. The number of nitrogens with one attached hydrogen (secondary N) is 1. The first kappa shape index (κ1) is 31.0. The number of carbonyl (C=O) groups is 2. The molecule has 37 heavy (non-hydrogen) atoms. The van der Waals surface area contributed by atoms with Crippen LogP contribution < -0.4 is 5.32 Å². The standard InChI is InChI=1S/C22H36N4O3S.C2HF3O2/c1-20-6-8-21(9-7-20)22(27)25(15-5-14-24-12-3-2-4-13-24)18-19-30(28,29)26-16-10-23-11-17-26;3-2(4,5)1(6)7/h6-9,23H,2-5,10-19H2,1H3;(H,6,7). The van der Waals surface area contributed by atoms with E-state index in [1.807, 2.05) is 31.2 Å². The normalized spacial score (nSPS) is 17.5. The molecule has 1 amide bonds. The van der Waals surface area contributed by atoms with E-state index in [4.69, 9.17) is 9.90 Å². The first-order chi connectivity index (χ1) is 17.4. The van der Waals surface area contributed by atoms with Crippen molar-refractivity contribution >= 4 is 21.9 Å². The lowest BCUT2D eigenvalue weighted by molar-refractivity contribution is -0.192. The second kappa shape index (κ2) is 14.6. The Morgan fingerprint density at radius 1 is 1.00 bits per heavy atom. The van der Waals surface area contributed by atoms with Gasteiger partial charge in [-0.3, -0.25) is 4.79 Å². The van der Waals surface area contributed by atoms with Crippen LogP contribution >= 0.6 is 0 Å². The topological polar surface area (TPSA) is 110 Å². The summed E-state index contributed by atoms with van der Waals surface area (Å²) in [5.41, 5.74) is 1.72. The van der Waals surface area contributed by atoms with Gasteiger partial charge >= 0.3 is 12.1 Å². The van der Waals surface area contributed by atoms with Crippen LogP contribution in [0.1, 0.15) is 41.6 Å². The molecule has 0 saturated carbocycles. The number of hydrogen-bond acceptors (Lipinski definition) is 6. The molecule has 0 radical (unpaired) electrons. The number of benzene rings is 1. The van der Waals surface area contributed by atoms with E-state index in [2.05, 4.69) is 10.2 Å². The number of rotatable bonds is 9. The molecule has 1 aromatic carbocycles. The number of halogens is 3. The average Bonchev–Trinajstić information content (AvgIpc) is 2.87. The largest absolute Gasteiger partial charge is 0.490 e. The molecule has 2 aliphatic rings. The predicted molar refractivity (Wildman–Crippen MR) is 134 cm³/mol. The van der Waals surface area contributed by atoms with Gasteiger partial charge in [0.1, 0.15) is 0 Å². The zero-order chi connectivity index (χ0) is 27.5. The van der Waals surface area contributed by atoms with E-state index >= 15 is 0 Å². The summed E-state index contributed by atoms with van der Waals surface area (Å²) in [5.74, 6) is -2.86. The molecule has 0 spiro atoms. The lowest BCUT2D eigenvalue weighted by Crippen LogP contribution is -2.48. The van der Waals surface area contributed by atoms with Gasteiger partial charge in [0.25, 0.3) is 5.91 Å². The molecule has 0 aromatic heterocycles. The minimum atomic E-state index is -5.08. The van der Waals surface area contributed by atoms with E-state index in [1.165, 1.54) is 19.3 Å². The second-order valence-corrected chi connectivity index (χ2v) is 11.3. The summed E-state index contributed by atoms with van der Waals surface area (Å²) in [5, 5.41) is 10.3. The zero-order valence-corrected chi connectivity index (χ0v) is 22.0. The van der Waals surface area contributed by atoms with Gasteiger partial charge in [-0.2, -0.15) is 17.5 Å². The van der Waals surface area contributed by atoms with Gasteiger partial charge in [0, 0.05) is 44.8 Å². The van der Waals surface area contributed by atoms with Crippen molar-refractivity contribution in [1.82, 2.24) is 19.4 Å². The van der Waals surface area contributed by atoms with Crippen LogP contribution in [-0.2, 0) is 14.8 Å². The van der Waals surface area contributed by atoms with Gasteiger partial charge in [0.2, 0.25) is 10.0 Å². The third-order valence-electron chi connectivity index (χ3n) is 6.27. The zero-order valence-electron chi connectivity index (χ0n) is 21.2. The third-order valence-corrected chi connectivity index (χ3v) is 8.12. The Hall–Kier alpha value is -2.22. The minimum absolute atomic E-state index is 0.0195. The number of alkyl halides is 3. The Morgan fingerprint density at radius 3 is 2.11 bits per heavy atom. The highest BCUT2D eigenvalue weighted by atomic mass is 32.2. The van der Waals surface area contributed by atoms with Gasteiger partial charge < -0.3 is 20.2 Å². The molecule has 13 heteroatoms. The van der Waals surface area contributed by atoms with Crippen LogP contribution in [0.25, 0.3) is 0 Å². The monoisotopic (exact) mass is 550 g/mol. The molecule has 3 rings (SSSR count). The highest BCUT2D eigenvalue weighted by molar-refractivity contribution is 7.89. The molecule has 2 heterocycles. The summed E-state index contributed by atoms with van der Waals surface area (Å²) in [6.07, 6.45) is -0.423. The fraction of sp³-hybridized carbons (Fsp3) is 0.667. The van der Waals surface area contributed by atoms with Gasteiger partial charge in [-0.05, 0) is 58.0 Å². The highest BCUT2D eigenvalue weighted by Gasteiger charge is 2.38. The van der Waals surface area contributed by atoms with Crippen LogP contribution in [0.5, 0.6) is 0 Å². The second-order valence-electron chi connectivity index (χ2n) is 9.18. The van der Waals surface area contributed by atoms with E-state index < -0.39 is 22.2 Å². The Labute approximate surface area is 216 Å². The lowest BCUT2D eigenvalue weighted by atomic mass is 10.1. The van der Waals surface area contributed by atoms with Crippen molar-refractivity contribution in [3.63, 3.8) is 0 Å². The Kier molecular flexibility index (Phi) is 12.3. The summed E-state index contributed by atoms with van der Waals surface area (Å²) in [4.78, 5) is 26.2. The van der Waals surface area contributed by atoms with Crippen molar-refractivity contribution in [3.05, 3.63) is 35.4 Å². The van der Waals surface area contributed by atoms with Crippen LogP contribution in [0.2, 0.25) is 0 Å². The minimum Gasteiger partial charge on any atom is -0.475 e. The fourth-order valence-electron chi connectivity index (χ4n) is 4.14. The van der Waals surface area contributed by atoms with Crippen molar-refractivity contribution in [2.75, 3.05) is 64.7 Å². The molecule has 0 aliphatic carbocycles. The molecule has 0 unspecified atom stereocenters. The van der Waals surface area contributed by atoms with Crippen molar-refractivity contribution in [2.24, 2.45) is 0 Å². The number of aliphatic carboxylic acids is 1. The number of carbonyl (C=O) groups excluding carboxylic acids is 1. The number of hydrogen-bond donors (Lipinski definition) is 2. The third kappa shape index (κ3) is 11.0. The number of aryl methyl sites for hydroxylation is 1. The number of amides is 1. The van der Waals surface area contributed by atoms with Gasteiger partial charge in [0.15, 0.2) is 0 Å². The average molecular weight is 551 g/mol. The first-order valence-corrected chi connectivity index (χ1v) is 14.1. The van der Waals surface area contributed by atoms with Crippen molar-refractivity contribution in [2.45, 2.75) is 38.8 Å². The Balaban J connectivity index is 0.000000604. The van der Waals surface area contributed by atoms with Crippen LogP contribution in [0.4, 0.5) is 13.2 Å². The van der Waals surface area contributed by atoms with Crippen LogP contribution in [-0.4, -0.2) is 110 Å². The van der Waals surface area contributed by atoms with E-state index in [9.17, 15) is 26.4 Å². The fourth-order valence-corrected chi connectivity index (χ4v) is 5.59. The molecule has 0 bridgehead atoms. The molecule has 2 fully saturated rings. The summed E-state index contributed by atoms with van der Waals surface area (Å²) in [6, 6.07) is 7.52. The van der Waals surface area contributed by atoms with Gasteiger partial charge in [-0.1, -0.05) is 24.1 Å². The van der Waals surface area contributed by atoms with Gasteiger partial charge in [0.05, 0.1) is 5.75 Å². The number of carboxylic acid groups (broad SMARTS) is 1. The van der Waals surface area contributed by atoms with E-state index in [0.29, 0.717) is 38.3 Å². The number of sulfonamides is 1. The molecule has 9 nitrogen and oxygen atoms in total. The molecular weight excluding hydrogens is 513 g/mol. The summed E-state index contributed by atoms with van der Waals surface area (Å²) < 4.78 is 58.8. The Bertz CT molecular complexity index is 962. The molecule has 210 valence electrons. The van der Waals surface area contributed by atoms with Crippen LogP contribution in [0.3, 0.4) is 0 Å². The van der Waals surface area contributed by atoms with E-state index in [-0.39, 0.29) is 18.2 Å². The molecule has 2 N–H and O–H groups in total. The maximum atomic E-state index is 13.1. The number of piperazine rings is 1. The number of nitrogens with zero attached hydrogens (tertiary/aromatic N) is 3. The molecule has 2 aliphatic heterocycles. The van der Waals surface area contributed by atoms with Crippen molar-refractivity contribution in [3.8, 4) is 0 Å². The van der Waals surface area contributed by atoms with Crippen molar-refractivity contribution in [1.29, 1.82) is 0 Å². The summed E-state index contributed by atoms with van der Waals surface area (Å²) in [6.45, 7) is 8.40. The van der Waals surface area contributed by atoms with E-state index in [0.717, 1.165) is 31.6 Å². The summed E-state index contributed by atoms with van der Waals surface area (Å²) >= 11 is 0. The lowest BCUT2D eigenvalue weighted by Gasteiger charge is -2.30.